The van der Waals surface area contributed by atoms with Gasteiger partial charge in [0.25, 0.3) is 15.5 Å². The van der Waals surface area contributed by atoms with Gasteiger partial charge in [-0.15, -0.1) is 0 Å². The van der Waals surface area contributed by atoms with Crippen molar-refractivity contribution in [3.8, 4) is 0 Å². The van der Waals surface area contributed by atoms with Crippen molar-refractivity contribution in [2.45, 2.75) is 4.90 Å². The van der Waals surface area contributed by atoms with E-state index < -0.39 is 36.6 Å². The van der Waals surface area contributed by atoms with Crippen molar-refractivity contribution in [1.29, 1.82) is 5.39 Å². The molecule has 11 nitrogen and oxygen atoms in total. The van der Waals surface area contributed by atoms with E-state index in [1.165, 1.54) is 0 Å². The first-order chi connectivity index (χ1) is 10.3. The molecule has 0 fully saturated rings. The molecule has 0 heterocycles. The van der Waals surface area contributed by atoms with Gasteiger partial charge in [0.05, 0.1) is 10.3 Å². The minimum atomic E-state index is -4.59. The largest absolute Gasteiger partial charge is 0.362 e. The fourth-order valence-electron chi connectivity index (χ4n) is 1.83. The van der Waals surface area contributed by atoms with Crippen LogP contribution in [0.3, 0.4) is 0 Å². The Morgan fingerprint density at radius 2 is 1.82 bits per heavy atom. The van der Waals surface area contributed by atoms with Gasteiger partial charge in [0, 0.05) is 10.8 Å². The SMILES string of the molecule is N#[N+]N=c1c(=NN=[N-])c(=O)c(=O)c2ccc(S(=O)(=O)O)cc12. The highest BCUT2D eigenvalue weighted by Crippen LogP contribution is 2.12. The van der Waals surface area contributed by atoms with E-state index >= 15 is 0 Å². The van der Waals surface area contributed by atoms with Gasteiger partial charge in [-0.3, -0.25) is 19.4 Å². The summed E-state index contributed by atoms with van der Waals surface area (Å²) in [5.74, 6) is 0. The van der Waals surface area contributed by atoms with Crippen LogP contribution in [-0.4, -0.2) is 13.0 Å². The third-order valence-electron chi connectivity index (χ3n) is 2.72. The molecule has 2 rings (SSSR count). The molecule has 0 radical (unpaired) electrons. The number of rotatable bonds is 2. The van der Waals surface area contributed by atoms with Gasteiger partial charge in [-0.1, -0.05) is 0 Å². The van der Waals surface area contributed by atoms with Gasteiger partial charge >= 0.3 is 5.08 Å². The lowest BCUT2D eigenvalue weighted by Gasteiger charge is -2.00. The zero-order valence-electron chi connectivity index (χ0n) is 10.4. The molecule has 0 spiro atoms. The normalized spacial score (nSPS) is 13.3. The summed E-state index contributed by atoms with van der Waals surface area (Å²) in [6.07, 6.45) is 0. The van der Waals surface area contributed by atoms with Crippen LogP contribution in [0.15, 0.2) is 48.1 Å². The zero-order valence-corrected chi connectivity index (χ0v) is 11.2. The number of fused-ring (bicyclic) bond motifs is 1. The number of benzene rings is 2. The molecule has 0 aromatic heterocycles. The predicted octanol–water partition coefficient (Wildman–Crippen LogP) is -0.811. The van der Waals surface area contributed by atoms with Gasteiger partial charge < -0.3 is 10.6 Å². The number of nitrogens with zero attached hydrogens (tertiary/aromatic N) is 6. The second kappa shape index (κ2) is 5.31. The molecule has 1 N–H and O–H groups in total. The van der Waals surface area contributed by atoms with Crippen LogP contribution in [0.1, 0.15) is 0 Å². The molecule has 0 saturated carbocycles. The molecular formula is C10H4N6O5S. The molecule has 0 unspecified atom stereocenters. The molecule has 0 saturated heterocycles. The summed E-state index contributed by atoms with van der Waals surface area (Å²) in [6.45, 7) is 0. The second-order valence-electron chi connectivity index (χ2n) is 3.92. The molecule has 12 heteroatoms. The molecule has 110 valence electrons. The van der Waals surface area contributed by atoms with Gasteiger partial charge in [-0.2, -0.15) is 8.42 Å². The summed E-state index contributed by atoms with van der Waals surface area (Å²) in [7, 11) is -4.59. The van der Waals surface area contributed by atoms with E-state index in [9.17, 15) is 18.0 Å². The van der Waals surface area contributed by atoms with Crippen LogP contribution in [0.2, 0.25) is 0 Å². The first-order valence-electron chi connectivity index (χ1n) is 5.36. The number of hydrogen-bond acceptors (Lipinski definition) is 7. The first kappa shape index (κ1) is 15.2. The maximum Gasteiger partial charge on any atom is 0.339 e. The van der Waals surface area contributed by atoms with Gasteiger partial charge in [-0.05, 0) is 18.2 Å². The molecule has 0 amide bonds. The number of diazo groups is 1. The second-order valence-corrected chi connectivity index (χ2v) is 5.34. The summed E-state index contributed by atoms with van der Waals surface area (Å²) in [5, 5.41) is 17.8. The predicted molar refractivity (Wildman–Crippen MR) is 70.7 cm³/mol. The lowest BCUT2D eigenvalue weighted by atomic mass is 10.1. The van der Waals surface area contributed by atoms with Crippen molar-refractivity contribution < 1.29 is 13.0 Å². The van der Waals surface area contributed by atoms with Crippen molar-refractivity contribution in [3.63, 3.8) is 0 Å². The highest BCUT2D eigenvalue weighted by atomic mass is 32.2. The summed E-state index contributed by atoms with van der Waals surface area (Å²) >= 11 is 0. The van der Waals surface area contributed by atoms with Crippen molar-refractivity contribution in [1.82, 2.24) is 0 Å². The van der Waals surface area contributed by atoms with Gasteiger partial charge in [0.2, 0.25) is 10.9 Å². The van der Waals surface area contributed by atoms with E-state index in [0.29, 0.717) is 0 Å². The maximum atomic E-state index is 11.9. The van der Waals surface area contributed by atoms with Crippen LogP contribution in [0.4, 0.5) is 0 Å². The van der Waals surface area contributed by atoms with E-state index in [2.05, 4.69) is 20.5 Å². The van der Waals surface area contributed by atoms with Crippen LogP contribution in [-0.2, 0) is 10.1 Å². The van der Waals surface area contributed by atoms with E-state index in [1.54, 1.807) is 0 Å². The Kier molecular flexibility index (Phi) is 3.68. The Morgan fingerprint density at radius 1 is 1.14 bits per heavy atom. The molecule has 0 aliphatic heterocycles. The van der Waals surface area contributed by atoms with Crippen molar-refractivity contribution >= 4 is 20.9 Å². The Bertz CT molecular complexity index is 1170. The summed E-state index contributed by atoms with van der Waals surface area (Å²) in [4.78, 5) is 23.1. The Labute approximate surface area is 120 Å². The Hall–Kier alpha value is -3.17. The number of hydrogen-bond donors (Lipinski definition) is 1. The molecule has 0 aliphatic carbocycles. The van der Waals surface area contributed by atoms with Crippen molar-refractivity contribution in [3.05, 3.63) is 60.0 Å². The van der Waals surface area contributed by atoms with Crippen LogP contribution in [0.25, 0.3) is 21.4 Å². The summed E-state index contributed by atoms with van der Waals surface area (Å²) < 4.78 is 31.3. The van der Waals surface area contributed by atoms with Crippen molar-refractivity contribution in [2.24, 2.45) is 15.4 Å². The Balaban J connectivity index is 3.29. The monoisotopic (exact) mass is 320 g/mol. The molecule has 0 atom stereocenters. The fraction of sp³-hybridized carbons (Fsp3) is 0. The van der Waals surface area contributed by atoms with Gasteiger partial charge in [-0.25, -0.2) is 0 Å². The molecular weight excluding hydrogens is 316 g/mol. The van der Waals surface area contributed by atoms with Crippen LogP contribution in [0.5, 0.6) is 0 Å². The summed E-state index contributed by atoms with van der Waals surface area (Å²) in [6, 6.07) is 2.73. The minimum absolute atomic E-state index is 0.236. The molecule has 2 aromatic carbocycles. The highest BCUT2D eigenvalue weighted by Gasteiger charge is 2.15. The smallest absolute Gasteiger partial charge is 0.339 e. The Morgan fingerprint density at radius 3 is 2.36 bits per heavy atom. The first-order valence-corrected chi connectivity index (χ1v) is 6.80. The average molecular weight is 320 g/mol. The average Bonchev–Trinajstić information content (AvgIpc) is 2.47. The molecule has 22 heavy (non-hydrogen) atoms. The van der Waals surface area contributed by atoms with Gasteiger partial charge in [0.1, 0.15) is 0 Å². The third-order valence-corrected chi connectivity index (χ3v) is 3.57. The maximum absolute atomic E-state index is 11.9. The van der Waals surface area contributed by atoms with Crippen LogP contribution in [0, 0.1) is 5.39 Å². The molecule has 0 bridgehead atoms. The lowest BCUT2D eigenvalue weighted by Crippen LogP contribution is -2.47. The fourth-order valence-corrected chi connectivity index (χ4v) is 2.33. The van der Waals surface area contributed by atoms with E-state index in [4.69, 9.17) is 15.5 Å². The van der Waals surface area contributed by atoms with E-state index in [-0.39, 0.29) is 10.8 Å². The summed E-state index contributed by atoms with van der Waals surface area (Å²) in [5.41, 5.74) is 6.18. The van der Waals surface area contributed by atoms with Crippen molar-refractivity contribution in [2.75, 3.05) is 0 Å². The standard InChI is InChI=1S/C10H4N6O5S/c11-15-13-7-6-3-4(22(19,20)21)1-2-5(6)9(17)10(18)8(7)14-16-12/h1-3H,(H,19,20,21). The minimum Gasteiger partial charge on any atom is -0.362 e. The zero-order chi connectivity index (χ0) is 16.5. The topological polar surface area (TPSA) is 176 Å². The van der Waals surface area contributed by atoms with Crippen LogP contribution < -0.4 is 21.6 Å². The third kappa shape index (κ3) is 2.41. The van der Waals surface area contributed by atoms with E-state index in [0.717, 1.165) is 18.2 Å². The highest BCUT2D eigenvalue weighted by molar-refractivity contribution is 7.85. The van der Waals surface area contributed by atoms with Gasteiger partial charge in [0.15, 0.2) is 10.5 Å². The molecule has 0 aliphatic rings. The molecule has 2 aromatic rings. The van der Waals surface area contributed by atoms with E-state index in [1.807, 2.05) is 0 Å². The van der Waals surface area contributed by atoms with Crippen LogP contribution >= 0.6 is 0 Å². The quantitative estimate of drug-likeness (QED) is 0.248. The lowest BCUT2D eigenvalue weighted by molar-refractivity contribution is 0.483.